The van der Waals surface area contributed by atoms with Crippen LogP contribution in [-0.4, -0.2) is 25.9 Å². The number of alkyl halides is 1. The van der Waals surface area contributed by atoms with Gasteiger partial charge in [0.05, 0.1) is 12.6 Å². The second kappa shape index (κ2) is 8.34. The van der Waals surface area contributed by atoms with Crippen molar-refractivity contribution in [3.05, 3.63) is 29.8 Å². The summed E-state index contributed by atoms with van der Waals surface area (Å²) in [5, 5.41) is 5.18. The number of ether oxygens (including phenoxy) is 1. The lowest BCUT2D eigenvalue weighted by Crippen LogP contribution is -2.38. The van der Waals surface area contributed by atoms with Gasteiger partial charge in [-0.1, -0.05) is 25.1 Å². The van der Waals surface area contributed by atoms with Crippen LogP contribution in [0.2, 0.25) is 0 Å². The third kappa shape index (κ3) is 5.16. The van der Waals surface area contributed by atoms with Crippen molar-refractivity contribution in [2.45, 2.75) is 26.3 Å². The Morgan fingerprint density at radius 1 is 1.42 bits per heavy atom. The molecular weight excluding hydrogens is 247 g/mol. The van der Waals surface area contributed by atoms with Gasteiger partial charge < -0.3 is 15.4 Å². The molecule has 1 unspecified atom stereocenters. The first-order valence-electron chi connectivity index (χ1n) is 6.51. The van der Waals surface area contributed by atoms with Gasteiger partial charge in [-0.3, -0.25) is 0 Å². The van der Waals surface area contributed by atoms with Crippen LogP contribution in [-0.2, 0) is 0 Å². The highest BCUT2D eigenvalue weighted by atomic mass is 19.1. The quantitative estimate of drug-likeness (QED) is 0.799. The Balaban J connectivity index is 2.64. The number of nitrogens with one attached hydrogen (secondary N) is 2. The lowest BCUT2D eigenvalue weighted by molar-refractivity contribution is 0.236. The van der Waals surface area contributed by atoms with Gasteiger partial charge in [0.2, 0.25) is 0 Å². The largest absolute Gasteiger partial charge is 0.493 e. The molecule has 4 nitrogen and oxygen atoms in total. The number of para-hydroxylation sites is 1. The molecule has 0 bridgehead atoms. The zero-order chi connectivity index (χ0) is 14.1. The van der Waals surface area contributed by atoms with Crippen LogP contribution in [0.4, 0.5) is 9.18 Å². The molecule has 0 fully saturated rings. The van der Waals surface area contributed by atoms with E-state index in [4.69, 9.17) is 4.74 Å². The predicted octanol–water partition coefficient (Wildman–Crippen LogP) is 2.81. The second-order valence-electron chi connectivity index (χ2n) is 4.20. The number of benzene rings is 1. The molecule has 0 saturated carbocycles. The van der Waals surface area contributed by atoms with Crippen molar-refractivity contribution in [1.29, 1.82) is 0 Å². The lowest BCUT2D eigenvalue weighted by Gasteiger charge is -2.18. The van der Waals surface area contributed by atoms with Gasteiger partial charge in [0, 0.05) is 12.1 Å². The SMILES string of the molecule is CCCOc1ccccc1C(C)NC(=O)NCCF. The van der Waals surface area contributed by atoms with Gasteiger partial charge in [0.15, 0.2) is 0 Å². The number of hydrogen-bond donors (Lipinski definition) is 2. The van der Waals surface area contributed by atoms with Crippen LogP contribution in [0, 0.1) is 0 Å². The van der Waals surface area contributed by atoms with Crippen molar-refractivity contribution in [3.63, 3.8) is 0 Å². The summed E-state index contributed by atoms with van der Waals surface area (Å²) in [4.78, 5) is 11.5. The molecule has 0 aliphatic carbocycles. The zero-order valence-corrected chi connectivity index (χ0v) is 11.4. The van der Waals surface area contributed by atoms with Gasteiger partial charge in [0.1, 0.15) is 12.4 Å². The fourth-order valence-corrected chi connectivity index (χ4v) is 1.67. The molecule has 0 aromatic heterocycles. The Hall–Kier alpha value is -1.78. The van der Waals surface area contributed by atoms with Crippen LogP contribution in [0.5, 0.6) is 5.75 Å². The molecule has 0 saturated heterocycles. The Kier molecular flexibility index (Phi) is 6.71. The molecule has 2 N–H and O–H groups in total. The fraction of sp³-hybridized carbons (Fsp3) is 0.500. The smallest absolute Gasteiger partial charge is 0.315 e. The number of hydrogen-bond acceptors (Lipinski definition) is 2. The summed E-state index contributed by atoms with van der Waals surface area (Å²) in [5.74, 6) is 0.766. The molecule has 2 amide bonds. The van der Waals surface area contributed by atoms with Crippen LogP contribution in [0.1, 0.15) is 31.9 Å². The molecular formula is C14H21FN2O2. The first kappa shape index (κ1) is 15.3. The Labute approximate surface area is 113 Å². The van der Waals surface area contributed by atoms with Crippen molar-refractivity contribution in [3.8, 4) is 5.75 Å². The van der Waals surface area contributed by atoms with Crippen molar-refractivity contribution < 1.29 is 13.9 Å². The number of rotatable bonds is 7. The Bertz CT molecular complexity index is 399. The van der Waals surface area contributed by atoms with E-state index in [9.17, 15) is 9.18 Å². The van der Waals surface area contributed by atoms with Crippen LogP contribution in [0.3, 0.4) is 0 Å². The van der Waals surface area contributed by atoms with Crippen molar-refractivity contribution >= 4 is 6.03 Å². The number of amides is 2. The normalized spacial score (nSPS) is 11.7. The second-order valence-corrected chi connectivity index (χ2v) is 4.20. The van der Waals surface area contributed by atoms with E-state index < -0.39 is 6.67 Å². The molecule has 1 aromatic rings. The summed E-state index contributed by atoms with van der Waals surface area (Å²) in [5.41, 5.74) is 0.909. The Morgan fingerprint density at radius 2 is 2.16 bits per heavy atom. The van der Waals surface area contributed by atoms with E-state index in [2.05, 4.69) is 10.6 Å². The maximum Gasteiger partial charge on any atom is 0.315 e. The minimum atomic E-state index is -0.571. The van der Waals surface area contributed by atoms with Crippen molar-refractivity contribution in [2.75, 3.05) is 19.8 Å². The maximum absolute atomic E-state index is 12.0. The van der Waals surface area contributed by atoms with Crippen molar-refractivity contribution in [1.82, 2.24) is 10.6 Å². The average molecular weight is 268 g/mol. The molecule has 1 aromatic carbocycles. The van der Waals surface area contributed by atoms with E-state index in [1.54, 1.807) is 0 Å². The van der Waals surface area contributed by atoms with Gasteiger partial charge in [-0.05, 0) is 19.4 Å². The first-order chi connectivity index (χ1) is 9.19. The van der Waals surface area contributed by atoms with E-state index in [0.717, 1.165) is 17.7 Å². The van der Waals surface area contributed by atoms with E-state index in [1.807, 2.05) is 38.1 Å². The van der Waals surface area contributed by atoms with E-state index in [-0.39, 0.29) is 18.6 Å². The van der Waals surface area contributed by atoms with Crippen LogP contribution >= 0.6 is 0 Å². The summed E-state index contributed by atoms with van der Waals surface area (Å²) < 4.78 is 17.6. The number of urea groups is 1. The minimum Gasteiger partial charge on any atom is -0.493 e. The molecule has 1 atom stereocenters. The van der Waals surface area contributed by atoms with E-state index in [0.29, 0.717) is 6.61 Å². The van der Waals surface area contributed by atoms with Crippen LogP contribution < -0.4 is 15.4 Å². The summed E-state index contributed by atoms with van der Waals surface area (Å²) in [7, 11) is 0. The highest BCUT2D eigenvalue weighted by Gasteiger charge is 2.13. The monoisotopic (exact) mass is 268 g/mol. The van der Waals surface area contributed by atoms with E-state index in [1.165, 1.54) is 0 Å². The molecule has 0 spiro atoms. The van der Waals surface area contributed by atoms with Gasteiger partial charge in [-0.15, -0.1) is 0 Å². The summed E-state index contributed by atoms with van der Waals surface area (Å²) in [6.07, 6.45) is 0.924. The summed E-state index contributed by atoms with van der Waals surface area (Å²) >= 11 is 0. The average Bonchev–Trinajstić information content (AvgIpc) is 2.43. The minimum absolute atomic E-state index is 0.0204. The zero-order valence-electron chi connectivity index (χ0n) is 11.4. The van der Waals surface area contributed by atoms with Gasteiger partial charge in [-0.2, -0.15) is 0 Å². The topological polar surface area (TPSA) is 50.4 Å². The highest BCUT2D eigenvalue weighted by molar-refractivity contribution is 5.74. The van der Waals surface area contributed by atoms with Gasteiger partial charge in [-0.25, -0.2) is 9.18 Å². The molecule has 1 rings (SSSR count). The van der Waals surface area contributed by atoms with Crippen LogP contribution in [0.25, 0.3) is 0 Å². The third-order valence-corrected chi connectivity index (χ3v) is 2.57. The fourth-order valence-electron chi connectivity index (χ4n) is 1.67. The van der Waals surface area contributed by atoms with Gasteiger partial charge in [0.25, 0.3) is 0 Å². The molecule has 106 valence electrons. The summed E-state index contributed by atoms with van der Waals surface area (Å²) in [6.45, 7) is 3.99. The summed E-state index contributed by atoms with van der Waals surface area (Å²) in [6, 6.07) is 6.99. The van der Waals surface area contributed by atoms with Gasteiger partial charge >= 0.3 is 6.03 Å². The molecule has 19 heavy (non-hydrogen) atoms. The molecule has 0 aliphatic rings. The van der Waals surface area contributed by atoms with E-state index >= 15 is 0 Å². The maximum atomic E-state index is 12.0. The molecule has 5 heteroatoms. The molecule has 0 heterocycles. The highest BCUT2D eigenvalue weighted by Crippen LogP contribution is 2.24. The van der Waals surface area contributed by atoms with Crippen molar-refractivity contribution in [2.24, 2.45) is 0 Å². The van der Waals surface area contributed by atoms with Crippen LogP contribution in [0.15, 0.2) is 24.3 Å². The number of carbonyl (C=O) groups excluding carboxylic acids is 1. The standard InChI is InChI=1S/C14H21FN2O2/c1-3-10-19-13-7-5-4-6-12(13)11(2)17-14(18)16-9-8-15/h4-7,11H,3,8-10H2,1-2H3,(H2,16,17,18). The predicted molar refractivity (Wildman–Crippen MR) is 73.2 cm³/mol. The number of carbonyl (C=O) groups is 1. The third-order valence-electron chi connectivity index (χ3n) is 2.57. The number of halogens is 1. The molecule has 0 aliphatic heterocycles. The lowest BCUT2D eigenvalue weighted by atomic mass is 10.1. The Morgan fingerprint density at radius 3 is 2.84 bits per heavy atom. The first-order valence-corrected chi connectivity index (χ1v) is 6.51. The molecule has 0 radical (unpaired) electrons.